The largest absolute Gasteiger partial charge is 0.467 e. The molecule has 5 heterocycles. The van der Waals surface area contributed by atoms with Crippen LogP contribution in [0.3, 0.4) is 0 Å². The lowest BCUT2D eigenvalue weighted by atomic mass is 9.91. The number of amides is 1. The van der Waals surface area contributed by atoms with Crippen LogP contribution in [0.5, 0.6) is 0 Å². The summed E-state index contributed by atoms with van der Waals surface area (Å²) in [7, 11) is 0. The molecule has 0 bridgehead atoms. The maximum Gasteiger partial charge on any atom is 0.267 e. The van der Waals surface area contributed by atoms with Crippen LogP contribution in [0.4, 0.5) is 5.82 Å². The lowest BCUT2D eigenvalue weighted by Crippen LogP contribution is -2.40. The molecule has 0 aliphatic carbocycles. The van der Waals surface area contributed by atoms with Gasteiger partial charge in [-0.05, 0) is 48.6 Å². The average molecular weight is 481 g/mol. The van der Waals surface area contributed by atoms with E-state index in [9.17, 15) is 9.59 Å². The Hall–Kier alpha value is -2.91. The van der Waals surface area contributed by atoms with Crippen molar-refractivity contribution in [2.75, 3.05) is 18.0 Å². The van der Waals surface area contributed by atoms with E-state index in [1.807, 2.05) is 12.1 Å². The van der Waals surface area contributed by atoms with E-state index in [1.54, 1.807) is 36.7 Å². The Labute approximate surface area is 201 Å². The first-order chi connectivity index (χ1) is 15.9. The number of piperidine rings is 1. The number of nitrogens with zero attached hydrogens (tertiary/aromatic N) is 4. The van der Waals surface area contributed by atoms with Crippen LogP contribution < -0.4 is 10.5 Å². The Morgan fingerprint density at radius 1 is 1.18 bits per heavy atom. The first-order valence-electron chi connectivity index (χ1n) is 10.9. The van der Waals surface area contributed by atoms with E-state index >= 15 is 0 Å². The van der Waals surface area contributed by atoms with Gasteiger partial charge >= 0.3 is 0 Å². The number of furan rings is 1. The summed E-state index contributed by atoms with van der Waals surface area (Å²) in [5, 5.41) is 0. The Morgan fingerprint density at radius 3 is 2.70 bits per heavy atom. The van der Waals surface area contributed by atoms with Crippen LogP contribution in [0.2, 0.25) is 0 Å². The molecule has 1 amide bonds. The van der Waals surface area contributed by atoms with Crippen LogP contribution in [-0.2, 0) is 11.3 Å². The van der Waals surface area contributed by atoms with Gasteiger partial charge in [-0.15, -0.1) is 0 Å². The molecule has 0 saturated carbocycles. The maximum absolute atomic E-state index is 13.5. The molecule has 33 heavy (non-hydrogen) atoms. The number of aromatic nitrogens is 2. The zero-order chi connectivity index (χ0) is 23.1. The molecule has 0 spiro atoms. The van der Waals surface area contributed by atoms with Crippen molar-refractivity contribution in [3.63, 3.8) is 0 Å². The van der Waals surface area contributed by atoms with Gasteiger partial charge in [0.2, 0.25) is 0 Å². The minimum atomic E-state index is -0.231. The zero-order valence-corrected chi connectivity index (χ0v) is 20.1. The fourth-order valence-electron chi connectivity index (χ4n) is 4.62. The quantitative estimate of drug-likeness (QED) is 0.410. The molecule has 0 N–H and O–H groups in total. The van der Waals surface area contributed by atoms with E-state index in [1.165, 1.54) is 21.1 Å². The number of hydrogen-bond acceptors (Lipinski definition) is 7. The van der Waals surface area contributed by atoms with Gasteiger partial charge in [0.25, 0.3) is 11.5 Å². The molecule has 0 radical (unpaired) electrons. The maximum atomic E-state index is 13.5. The van der Waals surface area contributed by atoms with Crippen molar-refractivity contribution in [3.05, 3.63) is 69.4 Å². The molecule has 9 heteroatoms. The minimum absolute atomic E-state index is 0.196. The van der Waals surface area contributed by atoms with Crippen molar-refractivity contribution in [2.24, 2.45) is 11.8 Å². The summed E-state index contributed by atoms with van der Waals surface area (Å²) < 4.78 is 7.35. The molecule has 0 unspecified atom stereocenters. The van der Waals surface area contributed by atoms with Gasteiger partial charge in [0.05, 0.1) is 23.3 Å². The SMILES string of the molecule is C[C@@H]1C[C@@H](C)CN(c2nc3ccccn3c(=O)c2/C=C2/SC(=S)N(Cc3ccco3)C2=O)C1. The molecule has 5 rings (SSSR count). The summed E-state index contributed by atoms with van der Waals surface area (Å²) in [6, 6.07) is 9.07. The van der Waals surface area contributed by atoms with Gasteiger partial charge in [-0.25, -0.2) is 4.98 Å². The zero-order valence-electron chi connectivity index (χ0n) is 18.4. The van der Waals surface area contributed by atoms with Crippen LogP contribution in [0, 0.1) is 11.8 Å². The number of carbonyl (C=O) groups is 1. The standard InChI is InChI=1S/C24H24N4O3S2/c1-15-10-16(2)13-26(12-15)21-18(22(29)27-8-4-3-7-20(27)25-21)11-19-23(30)28(24(32)33-19)14-17-6-5-9-31-17/h3-9,11,15-16H,10,12-14H2,1-2H3/b19-11+/t15-,16-/m1/s1. The van der Waals surface area contributed by atoms with Gasteiger partial charge in [0.1, 0.15) is 21.5 Å². The van der Waals surface area contributed by atoms with E-state index in [0.717, 1.165) is 19.5 Å². The summed E-state index contributed by atoms with van der Waals surface area (Å²) in [4.78, 5) is 35.7. The number of anilines is 1. The highest BCUT2D eigenvalue weighted by Crippen LogP contribution is 2.35. The van der Waals surface area contributed by atoms with E-state index in [0.29, 0.717) is 43.9 Å². The molecule has 3 aromatic heterocycles. The Bertz CT molecular complexity index is 1300. The Balaban J connectivity index is 1.59. The van der Waals surface area contributed by atoms with Gasteiger partial charge < -0.3 is 9.32 Å². The molecule has 2 saturated heterocycles. The third kappa shape index (κ3) is 4.22. The molecular formula is C24H24N4O3S2. The fourth-order valence-corrected chi connectivity index (χ4v) is 5.86. The number of thiocarbonyl (C=S) groups is 1. The summed E-state index contributed by atoms with van der Waals surface area (Å²) in [6.45, 7) is 6.34. The van der Waals surface area contributed by atoms with E-state index in [-0.39, 0.29) is 18.0 Å². The van der Waals surface area contributed by atoms with Crippen LogP contribution in [-0.4, -0.2) is 37.6 Å². The highest BCUT2D eigenvalue weighted by atomic mass is 32.2. The summed E-state index contributed by atoms with van der Waals surface area (Å²) in [5.41, 5.74) is 0.808. The fraction of sp³-hybridized carbons (Fsp3) is 0.333. The predicted molar refractivity (Wildman–Crippen MR) is 134 cm³/mol. The molecular weight excluding hydrogens is 456 g/mol. The van der Waals surface area contributed by atoms with E-state index in [4.69, 9.17) is 21.6 Å². The minimum Gasteiger partial charge on any atom is -0.467 e. The van der Waals surface area contributed by atoms with Crippen molar-refractivity contribution in [3.8, 4) is 0 Å². The average Bonchev–Trinajstić information content (AvgIpc) is 3.39. The van der Waals surface area contributed by atoms with Crippen molar-refractivity contribution >= 4 is 51.7 Å². The summed E-state index contributed by atoms with van der Waals surface area (Å²) in [5.74, 6) is 2.02. The van der Waals surface area contributed by atoms with Crippen molar-refractivity contribution in [1.82, 2.24) is 14.3 Å². The molecule has 170 valence electrons. The van der Waals surface area contributed by atoms with Gasteiger partial charge in [-0.3, -0.25) is 18.9 Å². The number of rotatable bonds is 4. The second-order valence-corrected chi connectivity index (χ2v) is 10.5. The molecule has 2 aliphatic rings. The molecule has 0 aromatic carbocycles. The smallest absolute Gasteiger partial charge is 0.267 e. The second kappa shape index (κ2) is 8.79. The first kappa shape index (κ1) is 21.9. The second-order valence-electron chi connectivity index (χ2n) is 8.78. The highest BCUT2D eigenvalue weighted by Gasteiger charge is 2.34. The monoisotopic (exact) mass is 480 g/mol. The topological polar surface area (TPSA) is 71.1 Å². The van der Waals surface area contributed by atoms with Crippen LogP contribution in [0.1, 0.15) is 31.6 Å². The summed E-state index contributed by atoms with van der Waals surface area (Å²) >= 11 is 6.66. The Kier molecular flexibility index (Phi) is 5.84. The predicted octanol–water partition coefficient (Wildman–Crippen LogP) is 4.17. The molecule has 2 atom stereocenters. The van der Waals surface area contributed by atoms with Crippen LogP contribution in [0.15, 0.2) is 56.9 Å². The van der Waals surface area contributed by atoms with Crippen LogP contribution >= 0.6 is 24.0 Å². The number of pyridine rings is 1. The normalized spacial score (nSPS) is 22.7. The number of hydrogen-bond donors (Lipinski definition) is 0. The number of fused-ring (bicyclic) bond motifs is 1. The highest BCUT2D eigenvalue weighted by molar-refractivity contribution is 8.26. The molecule has 3 aromatic rings. The number of thioether (sulfide) groups is 1. The van der Waals surface area contributed by atoms with Crippen LogP contribution in [0.25, 0.3) is 11.7 Å². The Morgan fingerprint density at radius 2 is 1.97 bits per heavy atom. The van der Waals surface area contributed by atoms with Crippen molar-refractivity contribution < 1.29 is 9.21 Å². The third-order valence-corrected chi connectivity index (χ3v) is 7.34. The molecule has 2 aliphatic heterocycles. The first-order valence-corrected chi connectivity index (χ1v) is 12.2. The van der Waals surface area contributed by atoms with E-state index < -0.39 is 0 Å². The third-order valence-electron chi connectivity index (χ3n) is 5.96. The van der Waals surface area contributed by atoms with Gasteiger partial charge in [0, 0.05) is 19.3 Å². The molecule has 7 nitrogen and oxygen atoms in total. The number of carbonyl (C=O) groups excluding carboxylic acids is 1. The summed E-state index contributed by atoms with van der Waals surface area (Å²) in [6.07, 6.45) is 6.08. The van der Waals surface area contributed by atoms with Crippen molar-refractivity contribution in [2.45, 2.75) is 26.8 Å². The van der Waals surface area contributed by atoms with Gasteiger partial charge in [-0.2, -0.15) is 0 Å². The molecule has 2 fully saturated rings. The lowest BCUT2D eigenvalue weighted by Gasteiger charge is -2.36. The van der Waals surface area contributed by atoms with Gasteiger partial charge in [0.15, 0.2) is 0 Å². The van der Waals surface area contributed by atoms with E-state index in [2.05, 4.69) is 18.7 Å². The lowest BCUT2D eigenvalue weighted by molar-refractivity contribution is -0.122. The van der Waals surface area contributed by atoms with Crippen molar-refractivity contribution in [1.29, 1.82) is 0 Å². The van der Waals surface area contributed by atoms with Gasteiger partial charge in [-0.1, -0.05) is 43.9 Å².